The van der Waals surface area contributed by atoms with Crippen molar-refractivity contribution in [1.29, 1.82) is 0 Å². The largest absolute Gasteiger partial charge is 0.388 e. The van der Waals surface area contributed by atoms with Crippen molar-refractivity contribution in [2.75, 3.05) is 25.0 Å². The van der Waals surface area contributed by atoms with Crippen LogP contribution in [-0.2, 0) is 13.1 Å². The number of carbonyl (C=O) groups is 1. The summed E-state index contributed by atoms with van der Waals surface area (Å²) in [4.78, 5) is 32.6. The van der Waals surface area contributed by atoms with Gasteiger partial charge >= 0.3 is 0 Å². The van der Waals surface area contributed by atoms with Gasteiger partial charge in [-0.05, 0) is 61.2 Å². The molecular weight excluding hydrogens is 539 g/mol. The molecule has 0 spiro atoms. The molecule has 7 rings (SSSR count). The van der Waals surface area contributed by atoms with E-state index in [4.69, 9.17) is 0 Å². The minimum atomic E-state index is -1.17. The lowest BCUT2D eigenvalue weighted by Gasteiger charge is -2.38. The van der Waals surface area contributed by atoms with Crippen LogP contribution >= 0.6 is 0 Å². The van der Waals surface area contributed by atoms with Crippen molar-refractivity contribution in [2.24, 2.45) is 0 Å². The van der Waals surface area contributed by atoms with Crippen LogP contribution in [0, 0.1) is 5.82 Å². The summed E-state index contributed by atoms with van der Waals surface area (Å²) < 4.78 is 18.2. The van der Waals surface area contributed by atoms with Crippen molar-refractivity contribution in [2.45, 2.75) is 38.0 Å². The number of fused-ring (bicyclic) bond motifs is 2. The fraction of sp³-hybridized carbons (Fsp3) is 0.300. The van der Waals surface area contributed by atoms with Crippen molar-refractivity contribution in [3.05, 3.63) is 89.0 Å². The topological polar surface area (TPSA) is 123 Å². The van der Waals surface area contributed by atoms with Crippen molar-refractivity contribution < 1.29 is 14.3 Å². The minimum Gasteiger partial charge on any atom is -0.388 e. The van der Waals surface area contributed by atoms with Gasteiger partial charge in [0.25, 0.3) is 11.5 Å². The SMILES string of the molecule is O=C(c1ccc(-c2cnn3c2NCCC3)cc1)N1CCC(O)(Cn2cnc3c(cnn3-c3ccc(F)cc3)c2=O)CC1. The maximum atomic E-state index is 13.3. The van der Waals surface area contributed by atoms with Gasteiger partial charge in [0, 0.05) is 37.3 Å². The van der Waals surface area contributed by atoms with Crippen LogP contribution in [0.2, 0.25) is 0 Å². The Morgan fingerprint density at radius 1 is 1.00 bits per heavy atom. The number of aryl methyl sites for hydroxylation is 1. The molecule has 0 unspecified atom stereocenters. The van der Waals surface area contributed by atoms with Crippen LogP contribution < -0.4 is 10.9 Å². The van der Waals surface area contributed by atoms with Crippen molar-refractivity contribution in [3.63, 3.8) is 0 Å². The molecule has 5 aromatic rings. The van der Waals surface area contributed by atoms with E-state index in [1.165, 1.54) is 33.9 Å². The number of aromatic nitrogens is 6. The van der Waals surface area contributed by atoms with Gasteiger partial charge in [0.15, 0.2) is 5.65 Å². The van der Waals surface area contributed by atoms with Gasteiger partial charge in [-0.25, -0.2) is 18.7 Å². The van der Waals surface area contributed by atoms with E-state index in [1.54, 1.807) is 17.0 Å². The van der Waals surface area contributed by atoms with Gasteiger partial charge in [-0.1, -0.05) is 12.1 Å². The summed E-state index contributed by atoms with van der Waals surface area (Å²) in [5, 5.41) is 23.8. The van der Waals surface area contributed by atoms with Gasteiger partial charge < -0.3 is 15.3 Å². The molecule has 1 fully saturated rings. The Hall–Kier alpha value is -4.84. The zero-order chi connectivity index (χ0) is 28.8. The number of anilines is 1. The Kier molecular flexibility index (Phi) is 6.34. The fourth-order valence-electron chi connectivity index (χ4n) is 5.80. The number of rotatable bonds is 5. The van der Waals surface area contributed by atoms with Crippen LogP contribution in [0.15, 0.2) is 72.0 Å². The third kappa shape index (κ3) is 4.63. The number of aliphatic hydroxyl groups is 1. The van der Waals surface area contributed by atoms with Crippen LogP contribution in [0.4, 0.5) is 10.2 Å². The number of likely N-dealkylation sites (tertiary alicyclic amines) is 1. The van der Waals surface area contributed by atoms with E-state index >= 15 is 0 Å². The van der Waals surface area contributed by atoms with E-state index in [0.29, 0.717) is 48.2 Å². The maximum Gasteiger partial charge on any atom is 0.264 e. The van der Waals surface area contributed by atoms with Gasteiger partial charge in [0.05, 0.1) is 30.2 Å². The van der Waals surface area contributed by atoms with E-state index in [1.807, 2.05) is 35.1 Å². The molecule has 214 valence electrons. The third-order valence-corrected chi connectivity index (χ3v) is 8.19. The molecule has 0 aliphatic carbocycles. The number of amides is 1. The van der Waals surface area contributed by atoms with Gasteiger partial charge in [-0.3, -0.25) is 14.2 Å². The predicted molar refractivity (Wildman–Crippen MR) is 154 cm³/mol. The molecule has 0 atom stereocenters. The number of piperidine rings is 1. The lowest BCUT2D eigenvalue weighted by Crippen LogP contribution is -2.49. The lowest BCUT2D eigenvalue weighted by molar-refractivity contribution is -0.0299. The fourth-order valence-corrected chi connectivity index (χ4v) is 5.80. The first kappa shape index (κ1) is 26.1. The van der Waals surface area contributed by atoms with Crippen LogP contribution in [0.3, 0.4) is 0 Å². The summed E-state index contributed by atoms with van der Waals surface area (Å²) >= 11 is 0. The van der Waals surface area contributed by atoms with E-state index in [-0.39, 0.29) is 23.8 Å². The number of hydrogen-bond donors (Lipinski definition) is 2. The highest BCUT2D eigenvalue weighted by molar-refractivity contribution is 5.95. The zero-order valence-corrected chi connectivity index (χ0v) is 22.8. The molecule has 1 amide bonds. The number of hydrogen-bond acceptors (Lipinski definition) is 7. The van der Waals surface area contributed by atoms with Crippen LogP contribution in [-0.4, -0.2) is 70.3 Å². The van der Waals surface area contributed by atoms with E-state index in [9.17, 15) is 19.1 Å². The molecular formula is C30H29FN8O3. The highest BCUT2D eigenvalue weighted by Gasteiger charge is 2.35. The van der Waals surface area contributed by atoms with Crippen molar-refractivity contribution >= 4 is 22.8 Å². The molecule has 42 heavy (non-hydrogen) atoms. The predicted octanol–water partition coefficient (Wildman–Crippen LogP) is 3.07. The molecule has 2 aliphatic heterocycles. The lowest BCUT2D eigenvalue weighted by atomic mass is 9.90. The number of benzene rings is 2. The summed E-state index contributed by atoms with van der Waals surface area (Å²) in [7, 11) is 0. The summed E-state index contributed by atoms with van der Waals surface area (Å²) in [6.07, 6.45) is 6.37. The Morgan fingerprint density at radius 3 is 2.52 bits per heavy atom. The molecule has 2 aliphatic rings. The number of halogens is 1. The van der Waals surface area contributed by atoms with Crippen LogP contribution in [0.25, 0.3) is 27.8 Å². The molecule has 1 saturated heterocycles. The first-order chi connectivity index (χ1) is 20.4. The van der Waals surface area contributed by atoms with Crippen molar-refractivity contribution in [3.8, 4) is 16.8 Å². The monoisotopic (exact) mass is 568 g/mol. The third-order valence-electron chi connectivity index (χ3n) is 8.19. The van der Waals surface area contributed by atoms with Crippen LogP contribution in [0.5, 0.6) is 0 Å². The minimum absolute atomic E-state index is 0.0529. The molecule has 0 bridgehead atoms. The second-order valence-corrected chi connectivity index (χ2v) is 11.0. The smallest absolute Gasteiger partial charge is 0.264 e. The summed E-state index contributed by atoms with van der Waals surface area (Å²) in [5.41, 5.74) is 2.04. The molecule has 5 heterocycles. The van der Waals surface area contributed by atoms with E-state index in [0.717, 1.165) is 36.5 Å². The van der Waals surface area contributed by atoms with Gasteiger partial charge in [0.2, 0.25) is 0 Å². The summed E-state index contributed by atoms with van der Waals surface area (Å²) in [6.45, 7) is 2.59. The highest BCUT2D eigenvalue weighted by Crippen LogP contribution is 2.31. The Balaban J connectivity index is 1.02. The average molecular weight is 569 g/mol. The van der Waals surface area contributed by atoms with E-state index < -0.39 is 5.60 Å². The highest BCUT2D eigenvalue weighted by atomic mass is 19.1. The Morgan fingerprint density at radius 2 is 1.76 bits per heavy atom. The van der Waals surface area contributed by atoms with Gasteiger partial charge in [0.1, 0.15) is 23.3 Å². The second-order valence-electron chi connectivity index (χ2n) is 11.0. The first-order valence-corrected chi connectivity index (χ1v) is 14.0. The number of carbonyl (C=O) groups excluding carboxylic acids is 1. The molecule has 11 nitrogen and oxygen atoms in total. The molecule has 0 radical (unpaired) electrons. The Bertz CT molecular complexity index is 1830. The molecule has 2 N–H and O–H groups in total. The van der Waals surface area contributed by atoms with Gasteiger partial charge in [-0.2, -0.15) is 10.2 Å². The standard InChI is InChI=1S/C30H29FN8O3/c31-22-6-8-23(9-7-22)39-27-25(17-35-39)29(41)37(19-33-27)18-30(42)10-14-36(15-11-30)28(40)21-4-2-20(3-5-21)24-16-34-38-13-1-12-32-26(24)38/h2-9,16-17,19,32,42H,1,10-15,18H2. The second kappa shape index (κ2) is 10.2. The normalized spacial score (nSPS) is 16.3. The summed E-state index contributed by atoms with van der Waals surface area (Å²) in [6, 6.07) is 13.3. The Labute approximate surface area is 239 Å². The van der Waals surface area contributed by atoms with Gasteiger partial charge in [-0.15, -0.1) is 0 Å². The van der Waals surface area contributed by atoms with Crippen LogP contribution in [0.1, 0.15) is 29.6 Å². The number of nitrogens with zero attached hydrogens (tertiary/aromatic N) is 7. The molecule has 2 aromatic carbocycles. The number of nitrogens with one attached hydrogen (secondary N) is 1. The van der Waals surface area contributed by atoms with E-state index in [2.05, 4.69) is 20.5 Å². The molecule has 0 saturated carbocycles. The zero-order valence-electron chi connectivity index (χ0n) is 22.8. The first-order valence-electron chi connectivity index (χ1n) is 14.0. The average Bonchev–Trinajstić information content (AvgIpc) is 3.64. The molecule has 3 aromatic heterocycles. The quantitative estimate of drug-likeness (QED) is 0.334. The summed E-state index contributed by atoms with van der Waals surface area (Å²) in [5.74, 6) is 0.545. The molecule has 12 heteroatoms. The maximum absolute atomic E-state index is 13.3. The van der Waals surface area contributed by atoms with Crippen molar-refractivity contribution in [1.82, 2.24) is 34.0 Å².